The zero-order valence-electron chi connectivity index (χ0n) is 12.1. The van der Waals surface area contributed by atoms with E-state index < -0.39 is 9.85 Å². The molecule has 0 amide bonds. The van der Waals surface area contributed by atoms with Gasteiger partial charge in [0.05, 0.1) is 9.85 Å². The number of nitro groups is 2. The molecular weight excluding hydrogens is 316 g/mol. The molecule has 2 N–H and O–H groups in total. The molecular formula is C15H10N4O5. The maximum Gasteiger partial charge on any atom is 0.269 e. The summed E-state index contributed by atoms with van der Waals surface area (Å²) < 4.78 is 5.40. The molecule has 0 spiro atoms. The Morgan fingerprint density at radius 2 is 1.29 bits per heavy atom. The van der Waals surface area contributed by atoms with Gasteiger partial charge in [-0.15, -0.1) is 0 Å². The molecule has 0 aliphatic rings. The summed E-state index contributed by atoms with van der Waals surface area (Å²) in [5, 5.41) is 21.3. The Bertz CT molecular complexity index is 916. The van der Waals surface area contributed by atoms with E-state index in [0.29, 0.717) is 16.8 Å². The third kappa shape index (κ3) is 2.77. The van der Waals surface area contributed by atoms with Gasteiger partial charge >= 0.3 is 0 Å². The number of anilines is 1. The van der Waals surface area contributed by atoms with Crippen LogP contribution in [-0.2, 0) is 0 Å². The Hall–Kier alpha value is -3.75. The molecule has 120 valence electrons. The highest BCUT2D eigenvalue weighted by Crippen LogP contribution is 2.32. The van der Waals surface area contributed by atoms with Crippen LogP contribution >= 0.6 is 0 Å². The Morgan fingerprint density at radius 3 is 1.75 bits per heavy atom. The number of hydrogen-bond donors (Lipinski definition) is 1. The fourth-order valence-corrected chi connectivity index (χ4v) is 2.13. The number of aromatic nitrogens is 1. The fourth-order valence-electron chi connectivity index (χ4n) is 2.13. The minimum Gasteiger partial charge on any atom is -0.420 e. The van der Waals surface area contributed by atoms with Crippen molar-refractivity contribution in [2.45, 2.75) is 0 Å². The van der Waals surface area contributed by atoms with Gasteiger partial charge < -0.3 is 10.2 Å². The van der Waals surface area contributed by atoms with E-state index in [1.807, 2.05) is 0 Å². The van der Waals surface area contributed by atoms with Crippen LogP contribution in [0.25, 0.3) is 22.7 Å². The molecule has 1 aromatic heterocycles. The number of benzene rings is 2. The smallest absolute Gasteiger partial charge is 0.269 e. The zero-order chi connectivity index (χ0) is 17.3. The molecule has 0 aliphatic carbocycles. The summed E-state index contributed by atoms with van der Waals surface area (Å²) in [6.45, 7) is 0. The third-order valence-electron chi connectivity index (χ3n) is 3.33. The van der Waals surface area contributed by atoms with E-state index in [1.165, 1.54) is 48.5 Å². The van der Waals surface area contributed by atoms with Crippen LogP contribution in [0.2, 0.25) is 0 Å². The molecule has 3 rings (SSSR count). The van der Waals surface area contributed by atoms with Gasteiger partial charge in [-0.05, 0) is 24.3 Å². The number of nitrogen functional groups attached to an aromatic ring is 1. The number of oxazole rings is 1. The lowest BCUT2D eigenvalue weighted by Gasteiger charge is -1.96. The standard InChI is InChI=1S/C15H10N4O5/c16-14-13(9-1-5-11(6-2-9)18(20)21)17-15(24-14)10-3-7-12(8-4-10)19(22)23/h1-8H,16H2. The molecule has 0 radical (unpaired) electrons. The largest absolute Gasteiger partial charge is 0.420 e. The number of rotatable bonds is 4. The Morgan fingerprint density at radius 1 is 0.833 bits per heavy atom. The van der Waals surface area contributed by atoms with E-state index in [9.17, 15) is 20.2 Å². The topological polar surface area (TPSA) is 138 Å². The van der Waals surface area contributed by atoms with Gasteiger partial charge in [0.1, 0.15) is 5.69 Å². The molecule has 9 nitrogen and oxygen atoms in total. The number of nitrogens with zero attached hydrogens (tertiary/aromatic N) is 3. The van der Waals surface area contributed by atoms with Gasteiger partial charge in [0, 0.05) is 35.4 Å². The van der Waals surface area contributed by atoms with Gasteiger partial charge in [0.25, 0.3) is 11.4 Å². The first-order valence-corrected chi connectivity index (χ1v) is 6.71. The van der Waals surface area contributed by atoms with Gasteiger partial charge in [-0.3, -0.25) is 20.2 Å². The maximum atomic E-state index is 10.7. The summed E-state index contributed by atoms with van der Waals surface area (Å²) in [5.74, 6) is 0.257. The van der Waals surface area contributed by atoms with E-state index in [2.05, 4.69) is 4.98 Å². The first kappa shape index (κ1) is 15.2. The van der Waals surface area contributed by atoms with Gasteiger partial charge in [0.2, 0.25) is 11.8 Å². The molecule has 0 aliphatic heterocycles. The monoisotopic (exact) mass is 326 g/mol. The van der Waals surface area contributed by atoms with Crippen LogP contribution in [0.15, 0.2) is 52.9 Å². The van der Waals surface area contributed by atoms with Crippen molar-refractivity contribution in [2.24, 2.45) is 0 Å². The molecule has 2 aromatic carbocycles. The Kier molecular flexibility index (Phi) is 3.66. The van der Waals surface area contributed by atoms with Gasteiger partial charge in [-0.1, -0.05) is 0 Å². The summed E-state index contributed by atoms with van der Waals surface area (Å²) in [6, 6.07) is 11.4. The fraction of sp³-hybridized carbons (Fsp3) is 0. The molecule has 1 heterocycles. The number of nitro benzene ring substituents is 2. The second-order valence-corrected chi connectivity index (χ2v) is 4.84. The van der Waals surface area contributed by atoms with Crippen molar-refractivity contribution in [3.8, 4) is 22.7 Å². The first-order chi connectivity index (χ1) is 11.5. The van der Waals surface area contributed by atoms with E-state index in [-0.39, 0.29) is 23.1 Å². The number of hydrogen-bond acceptors (Lipinski definition) is 7. The average Bonchev–Trinajstić information content (AvgIpc) is 2.97. The summed E-state index contributed by atoms with van der Waals surface area (Å²) in [6.07, 6.45) is 0. The highest BCUT2D eigenvalue weighted by atomic mass is 16.6. The molecule has 0 unspecified atom stereocenters. The van der Waals surface area contributed by atoms with Crippen molar-refractivity contribution >= 4 is 17.3 Å². The lowest BCUT2D eigenvalue weighted by atomic mass is 10.1. The molecule has 0 fully saturated rings. The van der Waals surface area contributed by atoms with Crippen molar-refractivity contribution in [2.75, 3.05) is 5.73 Å². The van der Waals surface area contributed by atoms with Gasteiger partial charge in [-0.2, -0.15) is 0 Å². The molecule has 0 saturated carbocycles. The zero-order valence-corrected chi connectivity index (χ0v) is 12.1. The van der Waals surface area contributed by atoms with Crippen LogP contribution in [0.1, 0.15) is 0 Å². The quantitative estimate of drug-likeness (QED) is 0.572. The predicted octanol–water partition coefficient (Wildman–Crippen LogP) is 3.41. The number of nitrogens with two attached hydrogens (primary N) is 1. The van der Waals surface area contributed by atoms with Crippen molar-refractivity contribution in [1.29, 1.82) is 0 Å². The van der Waals surface area contributed by atoms with Crippen molar-refractivity contribution in [3.05, 3.63) is 68.8 Å². The van der Waals surface area contributed by atoms with Crippen LogP contribution < -0.4 is 5.73 Å². The van der Waals surface area contributed by atoms with Crippen LogP contribution in [0.5, 0.6) is 0 Å². The SMILES string of the molecule is Nc1oc(-c2ccc([N+](=O)[O-])cc2)nc1-c1ccc([N+](=O)[O-])cc1. The number of non-ortho nitro benzene ring substituents is 2. The van der Waals surface area contributed by atoms with Crippen LogP contribution in [0, 0.1) is 20.2 Å². The summed E-state index contributed by atoms with van der Waals surface area (Å²) in [4.78, 5) is 24.6. The van der Waals surface area contributed by atoms with E-state index in [1.54, 1.807) is 0 Å². The highest BCUT2D eigenvalue weighted by molar-refractivity contribution is 5.73. The highest BCUT2D eigenvalue weighted by Gasteiger charge is 2.16. The van der Waals surface area contributed by atoms with Crippen molar-refractivity contribution < 1.29 is 14.3 Å². The maximum absolute atomic E-state index is 10.7. The molecule has 0 atom stereocenters. The lowest BCUT2D eigenvalue weighted by molar-refractivity contribution is -0.385. The second-order valence-electron chi connectivity index (χ2n) is 4.84. The van der Waals surface area contributed by atoms with Crippen LogP contribution in [0.4, 0.5) is 17.3 Å². The Balaban J connectivity index is 1.95. The molecule has 3 aromatic rings. The van der Waals surface area contributed by atoms with Gasteiger partial charge in [0.15, 0.2) is 0 Å². The second kappa shape index (κ2) is 5.80. The third-order valence-corrected chi connectivity index (χ3v) is 3.33. The normalized spacial score (nSPS) is 10.5. The molecule has 0 saturated heterocycles. The van der Waals surface area contributed by atoms with Gasteiger partial charge in [-0.25, -0.2) is 4.98 Å². The van der Waals surface area contributed by atoms with E-state index in [4.69, 9.17) is 10.2 Å². The van der Waals surface area contributed by atoms with E-state index in [0.717, 1.165) is 0 Å². The minimum absolute atomic E-state index is 0.0450. The molecule has 24 heavy (non-hydrogen) atoms. The Labute approximate surface area is 134 Å². The lowest BCUT2D eigenvalue weighted by Crippen LogP contribution is -1.89. The summed E-state index contributed by atoms with van der Waals surface area (Å²) >= 11 is 0. The predicted molar refractivity (Wildman–Crippen MR) is 85.1 cm³/mol. The van der Waals surface area contributed by atoms with Crippen molar-refractivity contribution in [1.82, 2.24) is 4.98 Å². The minimum atomic E-state index is -0.504. The summed E-state index contributed by atoms with van der Waals surface area (Å²) in [5.41, 5.74) is 7.16. The van der Waals surface area contributed by atoms with E-state index >= 15 is 0 Å². The molecule has 9 heteroatoms. The van der Waals surface area contributed by atoms with Crippen molar-refractivity contribution in [3.63, 3.8) is 0 Å². The van der Waals surface area contributed by atoms with Crippen LogP contribution in [0.3, 0.4) is 0 Å². The molecule has 0 bridgehead atoms. The first-order valence-electron chi connectivity index (χ1n) is 6.71. The summed E-state index contributed by atoms with van der Waals surface area (Å²) in [7, 11) is 0. The average molecular weight is 326 g/mol. The van der Waals surface area contributed by atoms with Crippen LogP contribution in [-0.4, -0.2) is 14.8 Å².